The predicted molar refractivity (Wildman–Crippen MR) is 68.5 cm³/mol. The first-order valence-electron chi connectivity index (χ1n) is 5.40. The minimum absolute atomic E-state index is 0.0341. The molecule has 2 rings (SSSR count). The van der Waals surface area contributed by atoms with Gasteiger partial charge in [-0.25, -0.2) is 4.39 Å². The van der Waals surface area contributed by atoms with Crippen LogP contribution in [0.15, 0.2) is 36.7 Å². The zero-order chi connectivity index (χ0) is 13.0. The first kappa shape index (κ1) is 12.8. The van der Waals surface area contributed by atoms with Crippen molar-refractivity contribution in [1.29, 1.82) is 0 Å². The fraction of sp³-hybridized carbons (Fsp3) is 0.154. The molecule has 0 aliphatic carbocycles. The lowest BCUT2D eigenvalue weighted by Gasteiger charge is -2.07. The SMILES string of the molecule is CNCc1cncc(Oc2ccc(F)c(Cl)c2)c1. The zero-order valence-electron chi connectivity index (χ0n) is 9.78. The van der Waals surface area contributed by atoms with Gasteiger partial charge in [-0.2, -0.15) is 0 Å². The lowest BCUT2D eigenvalue weighted by atomic mass is 10.3. The molecule has 18 heavy (non-hydrogen) atoms. The number of hydrogen-bond donors (Lipinski definition) is 1. The Balaban J connectivity index is 2.17. The molecule has 0 aliphatic heterocycles. The van der Waals surface area contributed by atoms with Crippen LogP contribution in [-0.4, -0.2) is 12.0 Å². The molecule has 0 saturated heterocycles. The van der Waals surface area contributed by atoms with Gasteiger partial charge in [-0.1, -0.05) is 11.6 Å². The van der Waals surface area contributed by atoms with Gasteiger partial charge < -0.3 is 10.1 Å². The molecule has 0 saturated carbocycles. The predicted octanol–water partition coefficient (Wildman–Crippen LogP) is 3.39. The third-order valence-electron chi connectivity index (χ3n) is 2.28. The second kappa shape index (κ2) is 5.80. The highest BCUT2D eigenvalue weighted by molar-refractivity contribution is 6.30. The molecule has 94 valence electrons. The van der Waals surface area contributed by atoms with Crippen molar-refractivity contribution in [3.63, 3.8) is 0 Å². The highest BCUT2D eigenvalue weighted by atomic mass is 35.5. The number of aromatic nitrogens is 1. The van der Waals surface area contributed by atoms with Crippen LogP contribution in [0.2, 0.25) is 5.02 Å². The van der Waals surface area contributed by atoms with Crippen LogP contribution in [0.1, 0.15) is 5.56 Å². The van der Waals surface area contributed by atoms with E-state index in [1.807, 2.05) is 13.1 Å². The van der Waals surface area contributed by atoms with Crippen LogP contribution in [-0.2, 0) is 6.54 Å². The van der Waals surface area contributed by atoms with Gasteiger partial charge in [-0.05, 0) is 30.8 Å². The second-order valence-corrected chi connectivity index (χ2v) is 4.14. The molecule has 0 unspecified atom stereocenters. The maximum Gasteiger partial charge on any atom is 0.146 e. The van der Waals surface area contributed by atoms with Crippen molar-refractivity contribution in [2.75, 3.05) is 7.05 Å². The molecule has 1 N–H and O–H groups in total. The van der Waals surface area contributed by atoms with Crippen molar-refractivity contribution < 1.29 is 9.13 Å². The molecule has 1 heterocycles. The number of rotatable bonds is 4. The van der Waals surface area contributed by atoms with E-state index in [1.165, 1.54) is 18.2 Å². The lowest BCUT2D eigenvalue weighted by molar-refractivity contribution is 0.477. The van der Waals surface area contributed by atoms with Crippen LogP contribution < -0.4 is 10.1 Å². The summed E-state index contributed by atoms with van der Waals surface area (Å²) in [5.74, 6) is 0.598. The summed E-state index contributed by atoms with van der Waals surface area (Å²) in [6.45, 7) is 0.703. The van der Waals surface area contributed by atoms with Crippen molar-refractivity contribution in [3.8, 4) is 11.5 Å². The molecule has 5 heteroatoms. The van der Waals surface area contributed by atoms with Gasteiger partial charge in [-0.3, -0.25) is 4.98 Å². The van der Waals surface area contributed by atoms with Crippen LogP contribution >= 0.6 is 11.6 Å². The number of benzene rings is 1. The molecule has 1 aromatic heterocycles. The third kappa shape index (κ3) is 3.18. The minimum Gasteiger partial charge on any atom is -0.456 e. The van der Waals surface area contributed by atoms with Gasteiger partial charge in [0, 0.05) is 18.8 Å². The fourth-order valence-electron chi connectivity index (χ4n) is 1.50. The first-order valence-corrected chi connectivity index (χ1v) is 5.78. The summed E-state index contributed by atoms with van der Waals surface area (Å²) < 4.78 is 18.6. The highest BCUT2D eigenvalue weighted by Crippen LogP contribution is 2.25. The molecule has 0 spiro atoms. The maximum absolute atomic E-state index is 13.0. The number of halogens is 2. The summed E-state index contributed by atoms with van der Waals surface area (Å²) >= 11 is 5.68. The van der Waals surface area contributed by atoms with Gasteiger partial charge in [0.2, 0.25) is 0 Å². The van der Waals surface area contributed by atoms with Crippen molar-refractivity contribution in [3.05, 3.63) is 53.1 Å². The lowest BCUT2D eigenvalue weighted by Crippen LogP contribution is -2.05. The highest BCUT2D eigenvalue weighted by Gasteiger charge is 2.04. The van der Waals surface area contributed by atoms with E-state index in [9.17, 15) is 4.39 Å². The Morgan fingerprint density at radius 3 is 2.83 bits per heavy atom. The molecule has 0 bridgehead atoms. The van der Waals surface area contributed by atoms with E-state index in [4.69, 9.17) is 16.3 Å². The van der Waals surface area contributed by atoms with E-state index in [0.717, 1.165) is 5.56 Å². The summed E-state index contributed by atoms with van der Waals surface area (Å²) in [6, 6.07) is 6.08. The van der Waals surface area contributed by atoms with Crippen LogP contribution in [0.4, 0.5) is 4.39 Å². The Bertz CT molecular complexity index is 548. The van der Waals surface area contributed by atoms with E-state index in [1.54, 1.807) is 12.4 Å². The minimum atomic E-state index is -0.467. The normalized spacial score (nSPS) is 10.4. The van der Waals surface area contributed by atoms with Gasteiger partial charge in [-0.15, -0.1) is 0 Å². The summed E-state index contributed by atoms with van der Waals surface area (Å²) in [5.41, 5.74) is 1.00. The van der Waals surface area contributed by atoms with Gasteiger partial charge in [0.1, 0.15) is 17.3 Å². The number of hydrogen-bond acceptors (Lipinski definition) is 3. The molecule has 2 aromatic rings. The molecule has 1 aromatic carbocycles. The van der Waals surface area contributed by atoms with E-state index in [-0.39, 0.29) is 5.02 Å². The van der Waals surface area contributed by atoms with E-state index in [2.05, 4.69) is 10.3 Å². The standard InChI is InChI=1S/C13H12ClFN2O/c1-16-6-9-4-11(8-17-7-9)18-10-2-3-13(15)12(14)5-10/h2-5,7-8,16H,6H2,1H3. The molecule has 0 radical (unpaired) electrons. The Morgan fingerprint density at radius 2 is 2.11 bits per heavy atom. The van der Waals surface area contributed by atoms with Gasteiger partial charge in [0.15, 0.2) is 0 Å². The average molecular weight is 267 g/mol. The van der Waals surface area contributed by atoms with Crippen molar-refractivity contribution >= 4 is 11.6 Å². The van der Waals surface area contributed by atoms with Gasteiger partial charge >= 0.3 is 0 Å². The van der Waals surface area contributed by atoms with Crippen LogP contribution in [0.25, 0.3) is 0 Å². The third-order valence-corrected chi connectivity index (χ3v) is 2.57. The van der Waals surface area contributed by atoms with Crippen LogP contribution in [0.5, 0.6) is 11.5 Å². The Kier molecular flexibility index (Phi) is 4.12. The molecule has 0 atom stereocenters. The summed E-state index contributed by atoms with van der Waals surface area (Å²) in [6.07, 6.45) is 3.34. The second-order valence-electron chi connectivity index (χ2n) is 3.74. The van der Waals surface area contributed by atoms with Gasteiger partial charge in [0.05, 0.1) is 11.2 Å². The maximum atomic E-state index is 13.0. The molecular weight excluding hydrogens is 255 g/mol. The van der Waals surface area contributed by atoms with E-state index in [0.29, 0.717) is 18.0 Å². The molecular formula is C13H12ClFN2O. The number of pyridine rings is 1. The number of ether oxygens (including phenoxy) is 1. The quantitative estimate of drug-likeness (QED) is 0.921. The summed E-state index contributed by atoms with van der Waals surface area (Å²) in [5, 5.41) is 3.06. The molecule has 0 fully saturated rings. The largest absolute Gasteiger partial charge is 0.456 e. The zero-order valence-corrected chi connectivity index (χ0v) is 10.5. The van der Waals surface area contributed by atoms with Crippen molar-refractivity contribution in [2.24, 2.45) is 0 Å². The Labute approximate surface area is 110 Å². The summed E-state index contributed by atoms with van der Waals surface area (Å²) in [4.78, 5) is 4.07. The topological polar surface area (TPSA) is 34.2 Å². The Morgan fingerprint density at radius 1 is 1.28 bits per heavy atom. The molecule has 3 nitrogen and oxygen atoms in total. The first-order chi connectivity index (χ1) is 8.69. The monoisotopic (exact) mass is 266 g/mol. The van der Waals surface area contributed by atoms with Crippen LogP contribution in [0.3, 0.4) is 0 Å². The van der Waals surface area contributed by atoms with Crippen molar-refractivity contribution in [1.82, 2.24) is 10.3 Å². The van der Waals surface area contributed by atoms with Gasteiger partial charge in [0.25, 0.3) is 0 Å². The van der Waals surface area contributed by atoms with E-state index >= 15 is 0 Å². The van der Waals surface area contributed by atoms with Crippen LogP contribution in [0, 0.1) is 5.82 Å². The van der Waals surface area contributed by atoms with Crippen molar-refractivity contribution in [2.45, 2.75) is 6.54 Å². The average Bonchev–Trinajstić information content (AvgIpc) is 2.35. The number of nitrogens with zero attached hydrogens (tertiary/aromatic N) is 1. The smallest absolute Gasteiger partial charge is 0.146 e. The molecule has 0 amide bonds. The number of nitrogens with one attached hydrogen (secondary N) is 1. The van der Waals surface area contributed by atoms with E-state index < -0.39 is 5.82 Å². The Hall–Kier alpha value is -1.65. The molecule has 0 aliphatic rings. The fourth-order valence-corrected chi connectivity index (χ4v) is 1.67. The summed E-state index contributed by atoms with van der Waals surface area (Å²) in [7, 11) is 1.85.